The average Bonchev–Trinajstić information content (AvgIpc) is 2.76. The molecule has 7 nitrogen and oxygen atoms in total. The minimum atomic E-state index is -4.68. The maximum absolute atomic E-state index is 13.2. The van der Waals surface area contributed by atoms with E-state index in [2.05, 4.69) is 10.4 Å². The molecule has 0 atom stereocenters. The van der Waals surface area contributed by atoms with Crippen LogP contribution in [0.4, 0.5) is 17.6 Å². The predicted octanol–water partition coefficient (Wildman–Crippen LogP) is 2.99. The zero-order valence-electron chi connectivity index (χ0n) is 17.7. The van der Waals surface area contributed by atoms with Gasteiger partial charge >= 0.3 is 11.9 Å². The van der Waals surface area contributed by atoms with Crippen molar-refractivity contribution in [1.82, 2.24) is 19.7 Å². The van der Waals surface area contributed by atoms with Crippen LogP contribution in [-0.4, -0.2) is 26.8 Å². The lowest BCUT2D eigenvalue weighted by Crippen LogP contribution is -2.46. The summed E-state index contributed by atoms with van der Waals surface area (Å²) in [7, 11) is 0. The van der Waals surface area contributed by atoms with E-state index in [0.717, 1.165) is 24.3 Å². The second-order valence-corrected chi connectivity index (χ2v) is 7.71. The molecular weight excluding hydrogens is 444 g/mol. The molecule has 11 heteroatoms. The summed E-state index contributed by atoms with van der Waals surface area (Å²) in [5, 5.41) is 6.30. The lowest BCUT2D eigenvalue weighted by Gasteiger charge is -2.14. The lowest BCUT2D eigenvalue weighted by atomic mass is 10.2. The topological polar surface area (TPSA) is 86.0 Å². The van der Waals surface area contributed by atoms with Gasteiger partial charge in [0.25, 0.3) is 11.5 Å². The first kappa shape index (κ1) is 23.9. The van der Waals surface area contributed by atoms with Crippen LogP contribution in [0.3, 0.4) is 0 Å². The summed E-state index contributed by atoms with van der Waals surface area (Å²) in [5.74, 6) is -1.36. The molecule has 0 radical (unpaired) electrons. The number of rotatable bonds is 6. The van der Waals surface area contributed by atoms with Crippen LogP contribution in [-0.2, 0) is 12.7 Å². The van der Waals surface area contributed by atoms with Gasteiger partial charge in [-0.25, -0.2) is 9.18 Å². The number of carbonyl (C=O) groups excluding carboxylic acids is 1. The zero-order valence-corrected chi connectivity index (χ0v) is 17.7. The second-order valence-electron chi connectivity index (χ2n) is 7.71. The van der Waals surface area contributed by atoms with Crippen LogP contribution in [0.2, 0.25) is 0 Å². The van der Waals surface area contributed by atoms with Crippen molar-refractivity contribution in [2.24, 2.45) is 5.92 Å². The van der Waals surface area contributed by atoms with Gasteiger partial charge in [-0.1, -0.05) is 32.0 Å². The molecule has 0 saturated carbocycles. The van der Waals surface area contributed by atoms with E-state index in [9.17, 15) is 31.9 Å². The van der Waals surface area contributed by atoms with E-state index in [-0.39, 0.29) is 24.7 Å². The molecule has 0 fully saturated rings. The lowest BCUT2D eigenvalue weighted by molar-refractivity contribution is -0.137. The first-order valence-electron chi connectivity index (χ1n) is 9.92. The summed E-state index contributed by atoms with van der Waals surface area (Å²) in [6.07, 6.45) is -4.68. The predicted molar refractivity (Wildman–Crippen MR) is 112 cm³/mol. The number of aromatic nitrogens is 3. The van der Waals surface area contributed by atoms with Crippen molar-refractivity contribution in [3.63, 3.8) is 0 Å². The Morgan fingerprint density at radius 3 is 2.36 bits per heavy atom. The van der Waals surface area contributed by atoms with Gasteiger partial charge in [-0.3, -0.25) is 14.2 Å². The van der Waals surface area contributed by atoms with E-state index < -0.39 is 40.4 Å². The minimum Gasteiger partial charge on any atom is -0.350 e. The number of benzene rings is 2. The van der Waals surface area contributed by atoms with Crippen molar-refractivity contribution in [2.75, 3.05) is 6.54 Å². The van der Waals surface area contributed by atoms with E-state index in [1.54, 1.807) is 0 Å². The van der Waals surface area contributed by atoms with Gasteiger partial charge in [0.15, 0.2) is 0 Å². The van der Waals surface area contributed by atoms with Crippen molar-refractivity contribution in [3.05, 3.63) is 92.0 Å². The number of nitrogens with zero attached hydrogens (tertiary/aromatic N) is 3. The number of nitrogens with one attached hydrogen (secondary N) is 1. The van der Waals surface area contributed by atoms with Gasteiger partial charge in [-0.2, -0.15) is 23.0 Å². The minimum absolute atomic E-state index is 0.0461. The van der Waals surface area contributed by atoms with Gasteiger partial charge in [0.05, 0.1) is 17.8 Å². The summed E-state index contributed by atoms with van der Waals surface area (Å²) in [6, 6.07) is 8.73. The molecule has 3 rings (SSSR count). The Morgan fingerprint density at radius 1 is 1.09 bits per heavy atom. The zero-order chi connectivity index (χ0) is 24.3. The quantitative estimate of drug-likeness (QED) is 0.569. The molecule has 0 aliphatic heterocycles. The Labute approximate surface area is 185 Å². The van der Waals surface area contributed by atoms with Gasteiger partial charge in [0.1, 0.15) is 5.82 Å². The highest BCUT2D eigenvalue weighted by molar-refractivity contribution is 5.91. The Kier molecular flexibility index (Phi) is 6.80. The molecule has 33 heavy (non-hydrogen) atoms. The standard InChI is InChI=1S/C22H20F4N4O3/c1-13(2)11-27-19(31)18-20(32)29(12-14-6-8-16(23)9-7-14)21(33)30(28-18)17-5-3-4-15(10-17)22(24,25)26/h3-10,13H,11-12H2,1-2H3,(H,27,31). The molecule has 174 valence electrons. The monoisotopic (exact) mass is 464 g/mol. The highest BCUT2D eigenvalue weighted by Gasteiger charge is 2.31. The van der Waals surface area contributed by atoms with Crippen molar-refractivity contribution < 1.29 is 22.4 Å². The molecule has 3 aromatic rings. The van der Waals surface area contributed by atoms with Gasteiger partial charge in [0, 0.05) is 6.54 Å². The number of hydrogen-bond acceptors (Lipinski definition) is 4. The van der Waals surface area contributed by atoms with E-state index in [1.165, 1.54) is 18.2 Å². The largest absolute Gasteiger partial charge is 0.416 e. The fourth-order valence-corrected chi connectivity index (χ4v) is 2.93. The average molecular weight is 464 g/mol. The summed E-state index contributed by atoms with van der Waals surface area (Å²) in [6.45, 7) is 3.51. The number of amides is 1. The summed E-state index contributed by atoms with van der Waals surface area (Å²) in [5.41, 5.74) is -3.67. The summed E-state index contributed by atoms with van der Waals surface area (Å²) >= 11 is 0. The van der Waals surface area contributed by atoms with Crippen molar-refractivity contribution >= 4 is 5.91 Å². The Balaban J connectivity index is 2.19. The molecule has 0 spiro atoms. The SMILES string of the molecule is CC(C)CNC(=O)c1nn(-c2cccc(C(F)(F)F)c2)c(=O)n(Cc2ccc(F)cc2)c1=O. The molecule has 0 aliphatic carbocycles. The van der Waals surface area contributed by atoms with Crippen LogP contribution in [0.1, 0.15) is 35.5 Å². The molecule has 1 aromatic heterocycles. The van der Waals surface area contributed by atoms with Gasteiger partial charge < -0.3 is 5.32 Å². The summed E-state index contributed by atoms with van der Waals surface area (Å²) < 4.78 is 54.0. The third kappa shape index (κ3) is 5.54. The molecule has 2 aromatic carbocycles. The Morgan fingerprint density at radius 2 is 1.76 bits per heavy atom. The molecule has 1 N–H and O–H groups in total. The molecule has 1 amide bonds. The van der Waals surface area contributed by atoms with Gasteiger partial charge in [0.2, 0.25) is 5.69 Å². The molecule has 0 aliphatic rings. The van der Waals surface area contributed by atoms with E-state index in [1.807, 2.05) is 13.8 Å². The molecule has 1 heterocycles. The van der Waals surface area contributed by atoms with E-state index >= 15 is 0 Å². The number of alkyl halides is 3. The highest BCUT2D eigenvalue weighted by atomic mass is 19.4. The molecular formula is C22H20F4N4O3. The highest BCUT2D eigenvalue weighted by Crippen LogP contribution is 2.29. The first-order chi connectivity index (χ1) is 15.5. The van der Waals surface area contributed by atoms with Crippen LogP contribution in [0.25, 0.3) is 5.69 Å². The Bertz CT molecular complexity index is 1280. The first-order valence-corrected chi connectivity index (χ1v) is 9.92. The Hall–Kier alpha value is -3.76. The van der Waals surface area contributed by atoms with Crippen LogP contribution < -0.4 is 16.6 Å². The fourth-order valence-electron chi connectivity index (χ4n) is 2.93. The van der Waals surface area contributed by atoms with Crippen molar-refractivity contribution in [2.45, 2.75) is 26.6 Å². The molecule has 0 bridgehead atoms. The normalized spacial score (nSPS) is 11.6. The van der Waals surface area contributed by atoms with Crippen LogP contribution in [0.5, 0.6) is 0 Å². The van der Waals surface area contributed by atoms with Crippen molar-refractivity contribution in [3.8, 4) is 5.69 Å². The maximum Gasteiger partial charge on any atom is 0.416 e. The third-order valence-electron chi connectivity index (χ3n) is 4.62. The smallest absolute Gasteiger partial charge is 0.350 e. The number of carbonyl (C=O) groups is 1. The second kappa shape index (κ2) is 9.39. The fraction of sp³-hybridized carbons (Fsp3) is 0.273. The van der Waals surface area contributed by atoms with Crippen LogP contribution in [0.15, 0.2) is 58.1 Å². The number of hydrogen-bond donors (Lipinski definition) is 1. The van der Waals surface area contributed by atoms with Crippen LogP contribution >= 0.6 is 0 Å². The van der Waals surface area contributed by atoms with Gasteiger partial charge in [-0.05, 0) is 41.8 Å². The summed E-state index contributed by atoms with van der Waals surface area (Å²) in [4.78, 5) is 38.6. The third-order valence-corrected chi connectivity index (χ3v) is 4.62. The maximum atomic E-state index is 13.2. The van der Waals surface area contributed by atoms with Gasteiger partial charge in [-0.15, -0.1) is 0 Å². The van der Waals surface area contributed by atoms with E-state index in [0.29, 0.717) is 20.9 Å². The van der Waals surface area contributed by atoms with Crippen molar-refractivity contribution in [1.29, 1.82) is 0 Å². The number of halogens is 4. The van der Waals surface area contributed by atoms with E-state index in [4.69, 9.17) is 0 Å². The molecule has 0 saturated heterocycles. The van der Waals surface area contributed by atoms with Crippen LogP contribution in [0, 0.1) is 11.7 Å². The molecule has 0 unspecified atom stereocenters.